The molecule has 0 radical (unpaired) electrons. The highest BCUT2D eigenvalue weighted by atomic mass is 32.1. The fraction of sp³-hybridized carbons (Fsp3) is 0.273. The van der Waals surface area contributed by atoms with Crippen LogP contribution in [0.15, 0.2) is 46.5 Å². The number of amides is 1. The molecule has 2 aromatic rings. The molecule has 0 saturated carbocycles. The van der Waals surface area contributed by atoms with Gasteiger partial charge >= 0.3 is 5.97 Å². The molecular weight excluding hydrogens is 358 g/mol. The molecule has 1 aromatic heterocycles. The zero-order chi connectivity index (χ0) is 19.7. The van der Waals surface area contributed by atoms with Crippen LogP contribution in [0.2, 0.25) is 0 Å². The first kappa shape index (κ1) is 19.1. The first-order chi connectivity index (χ1) is 12.8. The van der Waals surface area contributed by atoms with Crippen LogP contribution in [0.3, 0.4) is 0 Å². The Morgan fingerprint density at radius 1 is 1.11 bits per heavy atom. The molecule has 1 amide bonds. The number of allylic oxidation sites excluding steroid dienone is 1. The first-order valence-electron chi connectivity index (χ1n) is 8.91. The van der Waals surface area contributed by atoms with Crippen LogP contribution in [-0.4, -0.2) is 18.5 Å². The molecular formula is C22H23NO3S. The molecule has 1 aromatic carbocycles. The van der Waals surface area contributed by atoms with E-state index in [-0.39, 0.29) is 12.5 Å². The van der Waals surface area contributed by atoms with Gasteiger partial charge < -0.3 is 4.74 Å². The van der Waals surface area contributed by atoms with Gasteiger partial charge in [0.15, 0.2) is 0 Å². The zero-order valence-electron chi connectivity index (χ0n) is 16.3. The Labute approximate surface area is 163 Å². The van der Waals surface area contributed by atoms with E-state index in [1.54, 1.807) is 36.2 Å². The van der Waals surface area contributed by atoms with Crippen molar-refractivity contribution >= 4 is 35.0 Å². The van der Waals surface area contributed by atoms with Crippen LogP contribution >= 0.6 is 11.3 Å². The number of hydrogen-bond donors (Lipinski definition) is 0. The molecule has 0 atom stereocenters. The number of anilines is 1. The molecule has 3 rings (SSSR count). The van der Waals surface area contributed by atoms with Gasteiger partial charge in [-0.3, -0.25) is 9.69 Å². The van der Waals surface area contributed by atoms with Crippen molar-refractivity contribution < 1.29 is 14.3 Å². The maximum atomic E-state index is 13.3. The third kappa shape index (κ3) is 3.47. The number of nitrogens with zero attached hydrogens (tertiary/aromatic N) is 1. The van der Waals surface area contributed by atoms with Crippen molar-refractivity contribution in [1.82, 2.24) is 0 Å². The van der Waals surface area contributed by atoms with Crippen LogP contribution in [0.5, 0.6) is 0 Å². The van der Waals surface area contributed by atoms with Gasteiger partial charge in [-0.15, -0.1) is 11.3 Å². The molecule has 4 nitrogen and oxygen atoms in total. The van der Waals surface area contributed by atoms with Gasteiger partial charge in [-0.2, -0.15) is 0 Å². The Kier molecular flexibility index (Phi) is 5.33. The molecule has 2 heterocycles. The monoisotopic (exact) mass is 381 g/mol. The Bertz CT molecular complexity index is 981. The molecule has 0 spiro atoms. The summed E-state index contributed by atoms with van der Waals surface area (Å²) in [6, 6.07) is 7.86. The van der Waals surface area contributed by atoms with Crippen LogP contribution in [0, 0.1) is 20.8 Å². The summed E-state index contributed by atoms with van der Waals surface area (Å²) in [5, 5.41) is 1.98. The summed E-state index contributed by atoms with van der Waals surface area (Å²) in [6.07, 6.45) is 1.80. The Morgan fingerprint density at radius 3 is 2.44 bits per heavy atom. The third-order valence-electron chi connectivity index (χ3n) is 4.81. The molecule has 0 fully saturated rings. The van der Waals surface area contributed by atoms with Gasteiger partial charge in [-0.1, -0.05) is 6.07 Å². The molecule has 0 unspecified atom stereocenters. The lowest BCUT2D eigenvalue weighted by molar-refractivity contribution is -0.138. The number of ether oxygens (including phenoxy) is 1. The van der Waals surface area contributed by atoms with Crippen LogP contribution in [-0.2, 0) is 14.3 Å². The molecule has 5 heteroatoms. The van der Waals surface area contributed by atoms with Gasteiger partial charge in [-0.05, 0) is 81.0 Å². The molecule has 140 valence electrons. The maximum Gasteiger partial charge on any atom is 0.340 e. The van der Waals surface area contributed by atoms with Gasteiger partial charge in [-0.25, -0.2) is 4.79 Å². The smallest absolute Gasteiger partial charge is 0.340 e. The van der Waals surface area contributed by atoms with Crippen LogP contribution < -0.4 is 4.90 Å². The quantitative estimate of drug-likeness (QED) is 0.557. The van der Waals surface area contributed by atoms with Gasteiger partial charge in [0.05, 0.1) is 17.8 Å². The van der Waals surface area contributed by atoms with E-state index < -0.39 is 5.97 Å². The van der Waals surface area contributed by atoms with E-state index >= 15 is 0 Å². The van der Waals surface area contributed by atoms with Crippen molar-refractivity contribution in [1.29, 1.82) is 0 Å². The summed E-state index contributed by atoms with van der Waals surface area (Å²) in [7, 11) is 0. The minimum atomic E-state index is -0.463. The topological polar surface area (TPSA) is 46.6 Å². The van der Waals surface area contributed by atoms with Crippen molar-refractivity contribution in [3.63, 3.8) is 0 Å². The van der Waals surface area contributed by atoms with E-state index in [4.69, 9.17) is 4.74 Å². The summed E-state index contributed by atoms with van der Waals surface area (Å²) < 4.78 is 5.24. The van der Waals surface area contributed by atoms with E-state index in [9.17, 15) is 9.59 Å². The van der Waals surface area contributed by atoms with E-state index in [1.165, 1.54) is 0 Å². The van der Waals surface area contributed by atoms with Crippen LogP contribution in [0.25, 0.3) is 6.08 Å². The summed E-state index contributed by atoms with van der Waals surface area (Å²) in [5.74, 6) is -0.665. The molecule has 27 heavy (non-hydrogen) atoms. The number of benzene rings is 1. The Balaban J connectivity index is 2.15. The number of esters is 1. The van der Waals surface area contributed by atoms with Crippen molar-refractivity contribution in [2.75, 3.05) is 11.5 Å². The van der Waals surface area contributed by atoms with Crippen LogP contribution in [0.1, 0.15) is 35.4 Å². The zero-order valence-corrected chi connectivity index (χ0v) is 17.1. The predicted molar refractivity (Wildman–Crippen MR) is 110 cm³/mol. The SMILES string of the molecule is CCOC(=O)C1=C(C)N(c2ccc(C)c(C)c2)C(=O)/C1=C\c1sccc1C. The summed E-state index contributed by atoms with van der Waals surface area (Å²) in [6.45, 7) is 9.85. The van der Waals surface area contributed by atoms with Gasteiger partial charge in [0.1, 0.15) is 0 Å². The van der Waals surface area contributed by atoms with E-state index in [1.807, 2.05) is 50.4 Å². The van der Waals surface area contributed by atoms with Crippen molar-refractivity contribution in [3.05, 3.63) is 68.1 Å². The normalized spacial score (nSPS) is 15.8. The highest BCUT2D eigenvalue weighted by Gasteiger charge is 2.38. The number of carbonyl (C=O) groups excluding carboxylic acids is 2. The largest absolute Gasteiger partial charge is 0.462 e. The average molecular weight is 381 g/mol. The number of aryl methyl sites for hydroxylation is 3. The Morgan fingerprint density at radius 2 is 1.85 bits per heavy atom. The average Bonchev–Trinajstić information content (AvgIpc) is 3.12. The van der Waals surface area contributed by atoms with Crippen molar-refractivity contribution in [3.8, 4) is 0 Å². The lowest BCUT2D eigenvalue weighted by Crippen LogP contribution is -2.24. The van der Waals surface area contributed by atoms with E-state index in [0.717, 1.165) is 27.3 Å². The summed E-state index contributed by atoms with van der Waals surface area (Å²) in [5.41, 5.74) is 5.41. The maximum absolute atomic E-state index is 13.3. The number of thiophene rings is 1. The van der Waals surface area contributed by atoms with Crippen LogP contribution in [0.4, 0.5) is 5.69 Å². The first-order valence-corrected chi connectivity index (χ1v) is 9.79. The molecule has 1 aliphatic heterocycles. The molecule has 0 aliphatic carbocycles. The third-order valence-corrected chi connectivity index (χ3v) is 5.77. The standard InChI is InChI=1S/C22H23NO3S/c1-6-26-22(25)20-16(5)23(17-8-7-13(2)15(4)11-17)21(24)18(20)12-19-14(3)9-10-27-19/h7-12H,6H2,1-5H3/b18-12-. The lowest BCUT2D eigenvalue weighted by Gasteiger charge is -2.19. The fourth-order valence-corrected chi connectivity index (χ4v) is 3.98. The summed E-state index contributed by atoms with van der Waals surface area (Å²) >= 11 is 1.55. The minimum Gasteiger partial charge on any atom is -0.462 e. The molecule has 0 saturated heterocycles. The second-order valence-electron chi connectivity index (χ2n) is 6.62. The van der Waals surface area contributed by atoms with Gasteiger partial charge in [0, 0.05) is 16.3 Å². The molecule has 0 bridgehead atoms. The number of hydrogen-bond acceptors (Lipinski definition) is 4. The molecule has 1 aliphatic rings. The van der Waals surface area contributed by atoms with Crippen molar-refractivity contribution in [2.24, 2.45) is 0 Å². The van der Waals surface area contributed by atoms with E-state index in [0.29, 0.717) is 16.8 Å². The number of carbonyl (C=O) groups is 2. The van der Waals surface area contributed by atoms with Crippen molar-refractivity contribution in [2.45, 2.75) is 34.6 Å². The predicted octanol–water partition coefficient (Wildman–Crippen LogP) is 4.94. The van der Waals surface area contributed by atoms with Gasteiger partial charge in [0.25, 0.3) is 5.91 Å². The Hall–Kier alpha value is -2.66. The molecule has 0 N–H and O–H groups in total. The van der Waals surface area contributed by atoms with Gasteiger partial charge in [0.2, 0.25) is 0 Å². The highest BCUT2D eigenvalue weighted by molar-refractivity contribution is 7.11. The number of rotatable bonds is 4. The summed E-state index contributed by atoms with van der Waals surface area (Å²) in [4.78, 5) is 28.5. The lowest BCUT2D eigenvalue weighted by atomic mass is 10.1. The van der Waals surface area contributed by atoms with E-state index in [2.05, 4.69) is 0 Å². The second kappa shape index (κ2) is 7.53. The fourth-order valence-electron chi connectivity index (χ4n) is 3.12. The minimum absolute atomic E-state index is 0.202. The highest BCUT2D eigenvalue weighted by Crippen LogP contribution is 2.37. The second-order valence-corrected chi connectivity index (χ2v) is 7.56.